The predicted octanol–water partition coefficient (Wildman–Crippen LogP) is 2.66. The summed E-state index contributed by atoms with van der Waals surface area (Å²) in [5.41, 5.74) is -0.448. The molecule has 18 heavy (non-hydrogen) atoms. The highest BCUT2D eigenvalue weighted by molar-refractivity contribution is 7.42. The molecule has 0 amide bonds. The third-order valence-electron chi connectivity index (χ3n) is 3.01. The minimum atomic E-state index is -2.19. The second-order valence-electron chi connectivity index (χ2n) is 4.87. The van der Waals surface area contributed by atoms with Crippen LogP contribution < -0.4 is 0 Å². The van der Waals surface area contributed by atoms with Gasteiger partial charge in [-0.15, -0.1) is 0 Å². The van der Waals surface area contributed by atoms with E-state index in [1.807, 2.05) is 20.8 Å². The monoisotopic (exact) mass is 271 g/mol. The first-order valence-corrected chi connectivity index (χ1v) is 7.30. The third kappa shape index (κ3) is 5.29. The minimum absolute atomic E-state index is 0.0168. The molecule has 0 aromatic heterocycles. The van der Waals surface area contributed by atoms with Gasteiger partial charge in [0, 0.05) is 24.4 Å². The Morgan fingerprint density at radius 2 is 1.72 bits per heavy atom. The Bertz CT molecular complexity index is 314. The molecule has 0 aliphatic rings. The molecule has 0 saturated carbocycles. The van der Waals surface area contributed by atoms with Gasteiger partial charge in [0.2, 0.25) is 0 Å². The van der Waals surface area contributed by atoms with E-state index in [1.54, 1.807) is 4.67 Å². The first-order chi connectivity index (χ1) is 8.39. The summed E-state index contributed by atoms with van der Waals surface area (Å²) in [7, 11) is -2.19. The standard InChI is InChI=1S/C12H22N3O2P/c1-11(2)15(18(16)17)12(3,8-6-10-14)7-4-5-9-13/h11,16-17H,4-8H2,1-3H3. The van der Waals surface area contributed by atoms with Crippen LogP contribution in [-0.4, -0.2) is 26.0 Å². The molecular weight excluding hydrogens is 249 g/mol. The average molecular weight is 271 g/mol. The predicted molar refractivity (Wildman–Crippen MR) is 71.0 cm³/mol. The molecule has 0 fully saturated rings. The van der Waals surface area contributed by atoms with Crippen molar-refractivity contribution in [3.8, 4) is 12.1 Å². The summed E-state index contributed by atoms with van der Waals surface area (Å²) in [6.07, 6.45) is 2.77. The Balaban J connectivity index is 4.91. The molecule has 0 saturated heterocycles. The first-order valence-electron chi connectivity index (χ1n) is 6.10. The lowest BCUT2D eigenvalue weighted by molar-refractivity contribution is 0.127. The Kier molecular flexibility index (Phi) is 8.07. The van der Waals surface area contributed by atoms with E-state index < -0.39 is 14.1 Å². The summed E-state index contributed by atoms with van der Waals surface area (Å²) in [5, 5.41) is 17.3. The third-order valence-corrected chi connectivity index (χ3v) is 4.34. The van der Waals surface area contributed by atoms with Crippen LogP contribution in [0.3, 0.4) is 0 Å². The lowest BCUT2D eigenvalue weighted by Crippen LogP contribution is -2.46. The molecule has 0 aromatic carbocycles. The lowest BCUT2D eigenvalue weighted by Gasteiger charge is -2.43. The maximum absolute atomic E-state index is 9.57. The maximum Gasteiger partial charge on any atom is 0.253 e. The zero-order valence-corrected chi connectivity index (χ0v) is 12.2. The van der Waals surface area contributed by atoms with Gasteiger partial charge in [0.15, 0.2) is 0 Å². The average Bonchev–Trinajstić information content (AvgIpc) is 2.25. The Morgan fingerprint density at radius 1 is 1.17 bits per heavy atom. The largest absolute Gasteiger partial charge is 0.338 e. The lowest BCUT2D eigenvalue weighted by atomic mass is 9.89. The number of hydrogen-bond acceptors (Lipinski definition) is 5. The fourth-order valence-electron chi connectivity index (χ4n) is 2.27. The van der Waals surface area contributed by atoms with E-state index in [2.05, 4.69) is 12.1 Å². The van der Waals surface area contributed by atoms with E-state index in [9.17, 15) is 9.79 Å². The molecule has 0 spiro atoms. The molecule has 2 N–H and O–H groups in total. The fraction of sp³-hybridized carbons (Fsp3) is 0.833. The molecule has 0 heterocycles. The smallest absolute Gasteiger partial charge is 0.253 e. The van der Waals surface area contributed by atoms with Gasteiger partial charge in [-0.3, -0.25) is 0 Å². The molecule has 0 radical (unpaired) electrons. The van der Waals surface area contributed by atoms with Crippen molar-refractivity contribution in [1.29, 1.82) is 10.5 Å². The molecule has 5 nitrogen and oxygen atoms in total. The summed E-state index contributed by atoms with van der Waals surface area (Å²) in [6, 6.07) is 4.17. The van der Waals surface area contributed by atoms with Crippen LogP contribution in [0, 0.1) is 22.7 Å². The SMILES string of the molecule is CC(C)N(P(O)O)C(C)(CCC#N)CCCC#N. The van der Waals surface area contributed by atoms with Crippen molar-refractivity contribution < 1.29 is 9.79 Å². The molecule has 0 aliphatic heterocycles. The highest BCUT2D eigenvalue weighted by atomic mass is 31.2. The number of hydrogen-bond donors (Lipinski definition) is 2. The van der Waals surface area contributed by atoms with Gasteiger partial charge in [0.1, 0.15) is 0 Å². The summed E-state index contributed by atoms with van der Waals surface area (Å²) < 4.78 is 1.66. The van der Waals surface area contributed by atoms with Gasteiger partial charge in [-0.05, 0) is 40.0 Å². The van der Waals surface area contributed by atoms with Crippen molar-refractivity contribution in [2.24, 2.45) is 0 Å². The molecule has 0 aliphatic carbocycles. The quantitative estimate of drug-likeness (QED) is 0.523. The van der Waals surface area contributed by atoms with Gasteiger partial charge in [-0.2, -0.15) is 10.5 Å². The van der Waals surface area contributed by atoms with Crippen molar-refractivity contribution in [2.75, 3.05) is 0 Å². The normalized spacial score (nSPS) is 14.6. The van der Waals surface area contributed by atoms with Crippen LogP contribution in [0.15, 0.2) is 0 Å². The van der Waals surface area contributed by atoms with Crippen molar-refractivity contribution in [3.63, 3.8) is 0 Å². The van der Waals surface area contributed by atoms with E-state index in [0.29, 0.717) is 32.1 Å². The van der Waals surface area contributed by atoms with Crippen LogP contribution in [-0.2, 0) is 0 Å². The van der Waals surface area contributed by atoms with Crippen molar-refractivity contribution in [3.05, 3.63) is 0 Å². The number of rotatable bonds is 8. The minimum Gasteiger partial charge on any atom is -0.338 e. The fourth-order valence-corrected chi connectivity index (χ4v) is 3.32. The maximum atomic E-state index is 9.57. The molecule has 1 atom stereocenters. The number of unbranched alkanes of at least 4 members (excludes halogenated alkanes) is 1. The number of nitriles is 2. The molecule has 0 aromatic rings. The van der Waals surface area contributed by atoms with Crippen molar-refractivity contribution >= 4 is 8.53 Å². The van der Waals surface area contributed by atoms with E-state index in [0.717, 1.165) is 0 Å². The highest BCUT2D eigenvalue weighted by Crippen LogP contribution is 2.43. The Morgan fingerprint density at radius 3 is 2.11 bits per heavy atom. The van der Waals surface area contributed by atoms with Crippen LogP contribution in [0.2, 0.25) is 0 Å². The summed E-state index contributed by atoms with van der Waals surface area (Å²) >= 11 is 0. The zero-order chi connectivity index (χ0) is 14.2. The molecule has 1 unspecified atom stereocenters. The van der Waals surface area contributed by atoms with Crippen molar-refractivity contribution in [1.82, 2.24) is 4.67 Å². The van der Waals surface area contributed by atoms with E-state index in [1.165, 1.54) is 0 Å². The van der Waals surface area contributed by atoms with Crippen LogP contribution in [0.5, 0.6) is 0 Å². The van der Waals surface area contributed by atoms with Crippen molar-refractivity contribution in [2.45, 2.75) is 64.5 Å². The van der Waals surface area contributed by atoms with Crippen LogP contribution in [0.25, 0.3) is 0 Å². The molecule has 0 rings (SSSR count). The topological polar surface area (TPSA) is 91.3 Å². The zero-order valence-electron chi connectivity index (χ0n) is 11.3. The van der Waals surface area contributed by atoms with Gasteiger partial charge >= 0.3 is 0 Å². The van der Waals surface area contributed by atoms with Gasteiger partial charge in [0.25, 0.3) is 8.53 Å². The molecule has 6 heteroatoms. The van der Waals surface area contributed by atoms with Crippen LogP contribution in [0.4, 0.5) is 0 Å². The molecular formula is C12H22N3O2P. The second kappa shape index (κ2) is 8.40. The van der Waals surface area contributed by atoms with Crippen LogP contribution >= 0.6 is 8.53 Å². The summed E-state index contributed by atoms with van der Waals surface area (Å²) in [4.78, 5) is 19.1. The van der Waals surface area contributed by atoms with E-state index in [4.69, 9.17) is 10.5 Å². The summed E-state index contributed by atoms with van der Waals surface area (Å²) in [6.45, 7) is 5.73. The highest BCUT2D eigenvalue weighted by Gasteiger charge is 2.37. The molecule has 0 bridgehead atoms. The Labute approximate surface area is 111 Å². The van der Waals surface area contributed by atoms with Gasteiger partial charge in [0.05, 0.1) is 12.1 Å². The second-order valence-corrected chi connectivity index (χ2v) is 5.84. The van der Waals surface area contributed by atoms with E-state index >= 15 is 0 Å². The first kappa shape index (κ1) is 17.3. The summed E-state index contributed by atoms with van der Waals surface area (Å²) in [5.74, 6) is 0. The van der Waals surface area contributed by atoms with Gasteiger partial charge in [-0.1, -0.05) is 0 Å². The van der Waals surface area contributed by atoms with Gasteiger partial charge < -0.3 is 9.79 Å². The van der Waals surface area contributed by atoms with Crippen LogP contribution in [0.1, 0.15) is 52.9 Å². The van der Waals surface area contributed by atoms with E-state index in [-0.39, 0.29) is 6.04 Å². The number of nitrogens with zero attached hydrogens (tertiary/aromatic N) is 3. The molecule has 102 valence electrons. The Hall–Kier alpha value is -0.710. The van der Waals surface area contributed by atoms with Gasteiger partial charge in [-0.25, -0.2) is 4.67 Å².